The number of para-hydroxylation sites is 1. The lowest BCUT2D eigenvalue weighted by Crippen LogP contribution is -2.31. The van der Waals surface area contributed by atoms with Gasteiger partial charge in [0.15, 0.2) is 0 Å². The molecule has 0 bridgehead atoms. The Morgan fingerprint density at radius 3 is 2.61 bits per heavy atom. The maximum absolute atomic E-state index is 3.99. The lowest BCUT2D eigenvalue weighted by molar-refractivity contribution is 0.402. The van der Waals surface area contributed by atoms with E-state index in [9.17, 15) is 0 Å². The molecule has 1 fully saturated rings. The zero-order chi connectivity index (χ0) is 21.3. The third-order valence-electron chi connectivity index (χ3n) is 8.66. The molecule has 2 aromatic carbocycles. The Kier molecular flexibility index (Phi) is 4.58. The van der Waals surface area contributed by atoms with Gasteiger partial charge in [0.25, 0.3) is 0 Å². The number of anilines is 1. The van der Waals surface area contributed by atoms with E-state index in [4.69, 9.17) is 0 Å². The minimum Gasteiger partial charge on any atom is -0.382 e. The number of allylic oxidation sites excluding steroid dienone is 1. The third-order valence-corrected chi connectivity index (χ3v) is 9.81. The highest BCUT2D eigenvalue weighted by atomic mass is 32.1. The van der Waals surface area contributed by atoms with Crippen molar-refractivity contribution in [3.63, 3.8) is 0 Å². The molecule has 1 saturated carbocycles. The molecule has 6 rings (SSSR count). The maximum atomic E-state index is 3.99. The molecule has 2 aliphatic carbocycles. The molecule has 3 aromatic rings. The number of thiophene rings is 1. The van der Waals surface area contributed by atoms with E-state index in [1.54, 1.807) is 11.1 Å². The molecule has 31 heavy (non-hydrogen) atoms. The summed E-state index contributed by atoms with van der Waals surface area (Å²) in [5, 5.41) is 5.49. The molecule has 160 valence electrons. The second-order valence-corrected chi connectivity index (χ2v) is 11.6. The minimum absolute atomic E-state index is 0.580. The quantitative estimate of drug-likeness (QED) is 0.436. The molecule has 3 aliphatic rings. The van der Waals surface area contributed by atoms with Crippen molar-refractivity contribution in [1.82, 2.24) is 0 Å². The van der Waals surface area contributed by atoms with Gasteiger partial charge in [-0.15, -0.1) is 11.3 Å². The van der Waals surface area contributed by atoms with Gasteiger partial charge in [-0.1, -0.05) is 70.2 Å². The fraction of sp³-hybridized carbons (Fsp3) is 0.448. The number of aryl methyl sites for hydroxylation is 1. The fourth-order valence-corrected chi connectivity index (χ4v) is 8.04. The molecular formula is C29H33NS. The molecule has 6 atom stereocenters. The van der Waals surface area contributed by atoms with Gasteiger partial charge in [0.05, 0.1) is 0 Å². The molecule has 1 nitrogen and oxygen atoms in total. The van der Waals surface area contributed by atoms with Gasteiger partial charge < -0.3 is 5.32 Å². The van der Waals surface area contributed by atoms with Crippen molar-refractivity contribution in [2.45, 2.75) is 58.4 Å². The van der Waals surface area contributed by atoms with Crippen molar-refractivity contribution in [2.75, 3.05) is 5.32 Å². The smallest absolute Gasteiger partial charge is 0.0410 e. The van der Waals surface area contributed by atoms with Crippen LogP contribution in [0.2, 0.25) is 0 Å². The van der Waals surface area contributed by atoms with Gasteiger partial charge in [0, 0.05) is 21.3 Å². The summed E-state index contributed by atoms with van der Waals surface area (Å²) in [6, 6.07) is 16.7. The lowest BCUT2D eigenvalue weighted by Gasteiger charge is -2.35. The van der Waals surface area contributed by atoms with E-state index in [1.807, 2.05) is 11.3 Å². The molecule has 2 heteroatoms. The summed E-state index contributed by atoms with van der Waals surface area (Å²) in [6.07, 6.45) is 7.47. The normalized spacial score (nSPS) is 31.4. The van der Waals surface area contributed by atoms with E-state index in [0.717, 1.165) is 0 Å². The lowest BCUT2D eigenvalue weighted by atomic mass is 9.75. The molecule has 1 aromatic heterocycles. The zero-order valence-electron chi connectivity index (χ0n) is 19.1. The van der Waals surface area contributed by atoms with E-state index < -0.39 is 0 Å². The van der Waals surface area contributed by atoms with E-state index in [2.05, 4.69) is 87.6 Å². The number of rotatable bonds is 2. The molecule has 0 spiro atoms. The van der Waals surface area contributed by atoms with Crippen molar-refractivity contribution < 1.29 is 0 Å². The maximum Gasteiger partial charge on any atom is 0.0410 e. The monoisotopic (exact) mass is 427 g/mol. The van der Waals surface area contributed by atoms with Crippen molar-refractivity contribution in [3.05, 3.63) is 70.1 Å². The summed E-state index contributed by atoms with van der Waals surface area (Å²) in [7, 11) is 0. The SMILES string of the molecule is CC(C)C1CCc2cccc(C3C(C)C(C)C4c5c(sc6ccccc56)C=CC34)c2N1. The number of hydrogen-bond donors (Lipinski definition) is 1. The second-order valence-electron chi connectivity index (χ2n) is 10.5. The first-order valence-electron chi connectivity index (χ1n) is 12.1. The van der Waals surface area contributed by atoms with E-state index in [-0.39, 0.29) is 0 Å². The van der Waals surface area contributed by atoms with Crippen LogP contribution < -0.4 is 5.32 Å². The van der Waals surface area contributed by atoms with Crippen LogP contribution in [0.4, 0.5) is 5.69 Å². The predicted molar refractivity (Wildman–Crippen MR) is 135 cm³/mol. The van der Waals surface area contributed by atoms with Gasteiger partial charge in [-0.2, -0.15) is 0 Å². The largest absolute Gasteiger partial charge is 0.382 e. The van der Waals surface area contributed by atoms with Crippen LogP contribution in [-0.4, -0.2) is 6.04 Å². The topological polar surface area (TPSA) is 12.0 Å². The van der Waals surface area contributed by atoms with Crippen LogP contribution in [0.25, 0.3) is 16.2 Å². The summed E-state index contributed by atoms with van der Waals surface area (Å²) < 4.78 is 1.44. The molecule has 1 N–H and O–H groups in total. The van der Waals surface area contributed by atoms with Crippen molar-refractivity contribution in [3.8, 4) is 0 Å². The van der Waals surface area contributed by atoms with Crippen LogP contribution in [0.3, 0.4) is 0 Å². The van der Waals surface area contributed by atoms with Gasteiger partial charge in [-0.25, -0.2) is 0 Å². The van der Waals surface area contributed by atoms with Crippen LogP contribution in [0.1, 0.15) is 67.5 Å². The molecule has 1 aliphatic heterocycles. The van der Waals surface area contributed by atoms with Gasteiger partial charge in [0.2, 0.25) is 0 Å². The Balaban J connectivity index is 1.46. The number of nitrogens with one attached hydrogen (secondary N) is 1. The first kappa shape index (κ1) is 19.6. The first-order valence-corrected chi connectivity index (χ1v) is 12.9. The van der Waals surface area contributed by atoms with E-state index in [0.29, 0.717) is 41.5 Å². The predicted octanol–water partition coefficient (Wildman–Crippen LogP) is 8.08. The molecule has 2 heterocycles. The molecule has 0 radical (unpaired) electrons. The summed E-state index contributed by atoms with van der Waals surface area (Å²) in [4.78, 5) is 1.50. The summed E-state index contributed by atoms with van der Waals surface area (Å²) >= 11 is 1.98. The van der Waals surface area contributed by atoms with Gasteiger partial charge in [-0.3, -0.25) is 0 Å². The number of hydrogen-bond acceptors (Lipinski definition) is 2. The van der Waals surface area contributed by atoms with E-state index >= 15 is 0 Å². The number of benzene rings is 2. The highest BCUT2D eigenvalue weighted by Gasteiger charge is 2.49. The van der Waals surface area contributed by atoms with Crippen molar-refractivity contribution in [2.24, 2.45) is 23.7 Å². The Bertz CT molecular complexity index is 1170. The van der Waals surface area contributed by atoms with Crippen LogP contribution in [0.5, 0.6) is 0 Å². The van der Waals surface area contributed by atoms with Gasteiger partial charge in [0.1, 0.15) is 0 Å². The Hall–Kier alpha value is -2.06. The van der Waals surface area contributed by atoms with Crippen LogP contribution in [0, 0.1) is 23.7 Å². The summed E-state index contributed by atoms with van der Waals surface area (Å²) in [6.45, 7) is 9.73. The average molecular weight is 428 g/mol. The second kappa shape index (κ2) is 7.24. The van der Waals surface area contributed by atoms with Crippen LogP contribution >= 0.6 is 11.3 Å². The zero-order valence-corrected chi connectivity index (χ0v) is 19.9. The average Bonchev–Trinajstić information content (AvgIpc) is 3.28. The summed E-state index contributed by atoms with van der Waals surface area (Å²) in [5.41, 5.74) is 6.20. The van der Waals surface area contributed by atoms with E-state index in [1.165, 1.54) is 39.1 Å². The summed E-state index contributed by atoms with van der Waals surface area (Å²) in [5.74, 6) is 3.80. The van der Waals surface area contributed by atoms with Crippen LogP contribution in [0.15, 0.2) is 48.5 Å². The van der Waals surface area contributed by atoms with Gasteiger partial charge >= 0.3 is 0 Å². The Labute approximate surface area is 190 Å². The van der Waals surface area contributed by atoms with Crippen molar-refractivity contribution >= 4 is 33.2 Å². The highest BCUT2D eigenvalue weighted by Crippen LogP contribution is 2.61. The highest BCUT2D eigenvalue weighted by molar-refractivity contribution is 7.20. The molecule has 6 unspecified atom stereocenters. The molecular weight excluding hydrogens is 394 g/mol. The Morgan fingerprint density at radius 2 is 1.77 bits per heavy atom. The Morgan fingerprint density at radius 1 is 0.968 bits per heavy atom. The number of fused-ring (bicyclic) bond motifs is 6. The molecule has 0 amide bonds. The first-order chi connectivity index (χ1) is 15.0. The van der Waals surface area contributed by atoms with Crippen molar-refractivity contribution in [1.29, 1.82) is 0 Å². The standard InChI is InChI=1S/C29H33NS/c1-16(2)23-14-12-19-8-7-10-22(29(19)30-23)26-17(3)18(4)27-21(26)13-15-25-28(27)20-9-5-6-11-24(20)31-25/h5-11,13,15-18,21,23,26-27,30H,12,14H2,1-4H3. The van der Waals surface area contributed by atoms with Crippen LogP contribution in [-0.2, 0) is 6.42 Å². The van der Waals surface area contributed by atoms with Gasteiger partial charge in [-0.05, 0) is 82.6 Å². The third kappa shape index (κ3) is 2.87. The molecule has 0 saturated heterocycles. The fourth-order valence-electron chi connectivity index (χ4n) is 6.86. The minimum atomic E-state index is 0.580.